The lowest BCUT2D eigenvalue weighted by molar-refractivity contribution is 0.0945. The molecule has 1 aromatic heterocycles. The summed E-state index contributed by atoms with van der Waals surface area (Å²) in [6.07, 6.45) is 4.41. The van der Waals surface area contributed by atoms with Gasteiger partial charge in [-0.2, -0.15) is 0 Å². The van der Waals surface area contributed by atoms with Gasteiger partial charge in [0, 0.05) is 28.4 Å². The summed E-state index contributed by atoms with van der Waals surface area (Å²) in [4.78, 5) is 19.5. The third kappa shape index (κ3) is 3.27. The van der Waals surface area contributed by atoms with Gasteiger partial charge in [0.25, 0.3) is 5.91 Å². The standard InChI is InChI=1S/C12H9BrClN3O/c13-9-2-1-8(10(14)5-9)6-17-12(18)11-7-15-3-4-16-11/h1-5,7H,6H2,(H,17,18). The van der Waals surface area contributed by atoms with Crippen LogP contribution < -0.4 is 5.32 Å². The summed E-state index contributed by atoms with van der Waals surface area (Å²) in [5, 5.41) is 3.34. The van der Waals surface area contributed by atoms with Crippen LogP contribution in [-0.4, -0.2) is 15.9 Å². The highest BCUT2D eigenvalue weighted by atomic mass is 79.9. The van der Waals surface area contributed by atoms with Crippen molar-refractivity contribution in [3.63, 3.8) is 0 Å². The first-order chi connectivity index (χ1) is 8.66. The lowest BCUT2D eigenvalue weighted by atomic mass is 10.2. The van der Waals surface area contributed by atoms with Crippen LogP contribution in [0.15, 0.2) is 41.3 Å². The van der Waals surface area contributed by atoms with Crippen molar-refractivity contribution in [1.29, 1.82) is 0 Å². The summed E-state index contributed by atoms with van der Waals surface area (Å²) in [5.41, 5.74) is 1.13. The Bertz CT molecular complexity index is 563. The van der Waals surface area contributed by atoms with Crippen LogP contribution >= 0.6 is 27.5 Å². The van der Waals surface area contributed by atoms with Crippen LogP contribution in [0.3, 0.4) is 0 Å². The molecule has 6 heteroatoms. The maximum absolute atomic E-state index is 11.7. The average Bonchev–Trinajstić information content (AvgIpc) is 2.38. The Morgan fingerprint density at radius 3 is 2.89 bits per heavy atom. The summed E-state index contributed by atoms with van der Waals surface area (Å²) in [7, 11) is 0. The number of carbonyl (C=O) groups is 1. The molecule has 1 N–H and O–H groups in total. The number of halogens is 2. The van der Waals surface area contributed by atoms with Gasteiger partial charge in [-0.25, -0.2) is 4.98 Å². The molecule has 0 saturated heterocycles. The average molecular weight is 327 g/mol. The summed E-state index contributed by atoms with van der Waals surface area (Å²) >= 11 is 9.37. The quantitative estimate of drug-likeness (QED) is 0.943. The molecule has 1 heterocycles. The van der Waals surface area contributed by atoms with Gasteiger partial charge < -0.3 is 5.32 Å². The van der Waals surface area contributed by atoms with Crippen molar-refractivity contribution in [3.05, 3.63) is 57.5 Å². The first-order valence-corrected chi connectivity index (χ1v) is 6.32. The smallest absolute Gasteiger partial charge is 0.271 e. The second-order valence-electron chi connectivity index (χ2n) is 3.51. The topological polar surface area (TPSA) is 54.9 Å². The van der Waals surface area contributed by atoms with E-state index in [2.05, 4.69) is 31.2 Å². The van der Waals surface area contributed by atoms with Crippen molar-refractivity contribution in [1.82, 2.24) is 15.3 Å². The highest BCUT2D eigenvalue weighted by Gasteiger charge is 2.07. The molecule has 0 aliphatic heterocycles. The normalized spacial score (nSPS) is 10.1. The number of hydrogen-bond acceptors (Lipinski definition) is 3. The lowest BCUT2D eigenvalue weighted by Crippen LogP contribution is -2.24. The zero-order valence-corrected chi connectivity index (χ0v) is 11.6. The van der Waals surface area contributed by atoms with Gasteiger partial charge in [-0.15, -0.1) is 0 Å². The highest BCUT2D eigenvalue weighted by molar-refractivity contribution is 9.10. The van der Waals surface area contributed by atoms with Crippen molar-refractivity contribution in [3.8, 4) is 0 Å². The van der Waals surface area contributed by atoms with E-state index in [0.717, 1.165) is 10.0 Å². The van der Waals surface area contributed by atoms with E-state index in [1.807, 2.05) is 12.1 Å². The molecule has 2 rings (SSSR count). The van der Waals surface area contributed by atoms with Gasteiger partial charge in [-0.05, 0) is 17.7 Å². The van der Waals surface area contributed by atoms with E-state index in [0.29, 0.717) is 11.6 Å². The molecule has 0 bridgehead atoms. The molecule has 0 aliphatic rings. The summed E-state index contributed by atoms with van der Waals surface area (Å²) in [6, 6.07) is 5.50. The molecule has 2 aromatic rings. The van der Waals surface area contributed by atoms with Crippen LogP contribution in [0.2, 0.25) is 5.02 Å². The number of carbonyl (C=O) groups excluding carboxylic acids is 1. The fourth-order valence-corrected chi connectivity index (χ4v) is 2.09. The number of rotatable bonds is 3. The minimum absolute atomic E-state index is 0.276. The monoisotopic (exact) mass is 325 g/mol. The number of nitrogens with one attached hydrogen (secondary N) is 1. The third-order valence-electron chi connectivity index (χ3n) is 2.25. The van der Waals surface area contributed by atoms with Crippen molar-refractivity contribution >= 4 is 33.4 Å². The number of hydrogen-bond donors (Lipinski definition) is 1. The molecule has 0 aliphatic carbocycles. The van der Waals surface area contributed by atoms with Crippen LogP contribution in [0.4, 0.5) is 0 Å². The molecule has 18 heavy (non-hydrogen) atoms. The lowest BCUT2D eigenvalue weighted by Gasteiger charge is -2.06. The Morgan fingerprint density at radius 2 is 2.22 bits per heavy atom. The maximum atomic E-state index is 11.7. The first-order valence-electron chi connectivity index (χ1n) is 5.15. The number of aromatic nitrogens is 2. The predicted octanol–water partition coefficient (Wildman–Crippen LogP) is 2.82. The Balaban J connectivity index is 2.02. The van der Waals surface area contributed by atoms with Gasteiger partial charge in [0.15, 0.2) is 0 Å². The van der Waals surface area contributed by atoms with Gasteiger partial charge in [-0.3, -0.25) is 9.78 Å². The third-order valence-corrected chi connectivity index (χ3v) is 3.10. The minimum Gasteiger partial charge on any atom is -0.347 e. The Morgan fingerprint density at radius 1 is 1.39 bits per heavy atom. The Hall–Kier alpha value is -1.46. The van der Waals surface area contributed by atoms with Gasteiger partial charge in [0.1, 0.15) is 5.69 Å². The van der Waals surface area contributed by atoms with Gasteiger partial charge >= 0.3 is 0 Å². The molecule has 4 nitrogen and oxygen atoms in total. The van der Waals surface area contributed by atoms with Crippen LogP contribution in [0.5, 0.6) is 0 Å². The molecule has 0 fully saturated rings. The SMILES string of the molecule is O=C(NCc1ccc(Br)cc1Cl)c1cnccn1. The Kier molecular flexibility index (Phi) is 4.28. The summed E-state index contributed by atoms with van der Waals surface area (Å²) < 4.78 is 0.900. The largest absolute Gasteiger partial charge is 0.347 e. The molecular formula is C12H9BrClN3O. The number of benzene rings is 1. The fraction of sp³-hybridized carbons (Fsp3) is 0.0833. The van der Waals surface area contributed by atoms with Crippen LogP contribution in [0, 0.1) is 0 Å². The van der Waals surface area contributed by atoms with E-state index in [1.165, 1.54) is 18.6 Å². The van der Waals surface area contributed by atoms with E-state index in [1.54, 1.807) is 6.07 Å². The number of amides is 1. The van der Waals surface area contributed by atoms with E-state index in [4.69, 9.17) is 11.6 Å². The molecular weight excluding hydrogens is 318 g/mol. The van der Waals surface area contributed by atoms with Crippen molar-refractivity contribution in [2.45, 2.75) is 6.54 Å². The molecule has 1 aromatic carbocycles. The molecule has 0 radical (unpaired) electrons. The Labute approximate surface area is 118 Å². The zero-order valence-electron chi connectivity index (χ0n) is 9.23. The highest BCUT2D eigenvalue weighted by Crippen LogP contribution is 2.21. The van der Waals surface area contributed by atoms with E-state index < -0.39 is 0 Å². The predicted molar refractivity (Wildman–Crippen MR) is 72.4 cm³/mol. The molecule has 0 unspecified atom stereocenters. The van der Waals surface area contributed by atoms with Crippen molar-refractivity contribution < 1.29 is 4.79 Å². The molecule has 0 saturated carbocycles. The van der Waals surface area contributed by atoms with Crippen LogP contribution in [-0.2, 0) is 6.54 Å². The van der Waals surface area contributed by atoms with Gasteiger partial charge in [0.05, 0.1) is 6.20 Å². The molecule has 92 valence electrons. The second kappa shape index (κ2) is 5.93. The molecule has 1 amide bonds. The van der Waals surface area contributed by atoms with E-state index >= 15 is 0 Å². The van der Waals surface area contributed by atoms with Gasteiger partial charge in [0.2, 0.25) is 0 Å². The second-order valence-corrected chi connectivity index (χ2v) is 4.83. The van der Waals surface area contributed by atoms with Crippen molar-refractivity contribution in [2.75, 3.05) is 0 Å². The first kappa shape index (κ1) is 13.0. The fourth-order valence-electron chi connectivity index (χ4n) is 1.35. The number of nitrogens with zero attached hydrogens (tertiary/aromatic N) is 2. The van der Waals surface area contributed by atoms with E-state index in [9.17, 15) is 4.79 Å². The maximum Gasteiger partial charge on any atom is 0.271 e. The molecule has 0 atom stereocenters. The summed E-state index contributed by atoms with van der Waals surface area (Å²) in [6.45, 7) is 0.349. The summed E-state index contributed by atoms with van der Waals surface area (Å²) in [5.74, 6) is -0.276. The van der Waals surface area contributed by atoms with Crippen molar-refractivity contribution in [2.24, 2.45) is 0 Å². The van der Waals surface area contributed by atoms with Gasteiger partial charge in [-0.1, -0.05) is 33.6 Å². The molecule has 0 spiro atoms. The van der Waals surface area contributed by atoms with E-state index in [-0.39, 0.29) is 11.6 Å². The van der Waals surface area contributed by atoms with Crippen LogP contribution in [0.25, 0.3) is 0 Å². The van der Waals surface area contributed by atoms with Crippen LogP contribution in [0.1, 0.15) is 16.1 Å². The minimum atomic E-state index is -0.276. The zero-order chi connectivity index (χ0) is 13.0.